The van der Waals surface area contributed by atoms with Gasteiger partial charge in [0.1, 0.15) is 5.69 Å². The number of pyridine rings is 1. The predicted molar refractivity (Wildman–Crippen MR) is 110 cm³/mol. The molecule has 0 aliphatic heterocycles. The lowest BCUT2D eigenvalue weighted by molar-refractivity contribution is 0.101. The number of anilines is 1. The minimum Gasteiger partial charge on any atom is -0.339 e. The Hall–Kier alpha value is -3.52. The summed E-state index contributed by atoms with van der Waals surface area (Å²) in [6.45, 7) is 0.605. The van der Waals surface area contributed by atoms with Crippen LogP contribution in [0.4, 0.5) is 5.13 Å². The number of rotatable bonds is 6. The van der Waals surface area contributed by atoms with Gasteiger partial charge in [-0.25, -0.2) is 4.98 Å². The molecular weight excluding hydrogens is 372 g/mol. The molecular formula is C20H18N6OS. The highest BCUT2D eigenvalue weighted by Crippen LogP contribution is 2.19. The van der Waals surface area contributed by atoms with E-state index in [1.54, 1.807) is 23.1 Å². The van der Waals surface area contributed by atoms with Crippen LogP contribution in [0, 0.1) is 0 Å². The van der Waals surface area contributed by atoms with Crippen LogP contribution in [0.1, 0.15) is 27.4 Å². The molecule has 0 bridgehead atoms. The van der Waals surface area contributed by atoms with Crippen LogP contribution < -0.4 is 5.32 Å². The SMILES string of the molecule is Cn1ccc(C=Cc2csc(NC(=O)c3cccn3Cc3ccncc3)n2)n1. The summed E-state index contributed by atoms with van der Waals surface area (Å²) in [6, 6.07) is 9.44. The molecule has 4 heterocycles. The fraction of sp³-hybridized carbons (Fsp3) is 0.100. The van der Waals surface area contributed by atoms with Gasteiger partial charge in [-0.05, 0) is 48.0 Å². The number of nitrogens with one attached hydrogen (secondary N) is 1. The zero-order chi connectivity index (χ0) is 19.3. The maximum absolute atomic E-state index is 12.7. The molecule has 28 heavy (non-hydrogen) atoms. The Morgan fingerprint density at radius 2 is 1.96 bits per heavy atom. The van der Waals surface area contributed by atoms with Crippen molar-refractivity contribution in [2.45, 2.75) is 6.54 Å². The molecule has 4 aromatic rings. The molecule has 0 saturated heterocycles. The monoisotopic (exact) mass is 390 g/mol. The Labute approximate surface area is 166 Å². The second-order valence-corrected chi connectivity index (χ2v) is 7.01. The highest BCUT2D eigenvalue weighted by Gasteiger charge is 2.13. The van der Waals surface area contributed by atoms with Crippen molar-refractivity contribution in [2.75, 3.05) is 5.32 Å². The molecule has 1 amide bonds. The summed E-state index contributed by atoms with van der Waals surface area (Å²) in [4.78, 5) is 21.1. The first-order valence-electron chi connectivity index (χ1n) is 8.66. The molecule has 8 heteroatoms. The van der Waals surface area contributed by atoms with Gasteiger partial charge in [0.15, 0.2) is 5.13 Å². The molecule has 0 fully saturated rings. The second-order valence-electron chi connectivity index (χ2n) is 6.16. The predicted octanol–water partition coefficient (Wildman–Crippen LogP) is 3.54. The van der Waals surface area contributed by atoms with Gasteiger partial charge in [0, 0.05) is 43.8 Å². The molecule has 0 radical (unpaired) electrons. The second kappa shape index (κ2) is 8.01. The third kappa shape index (κ3) is 4.24. The van der Waals surface area contributed by atoms with Crippen LogP contribution in [0.5, 0.6) is 0 Å². The van der Waals surface area contributed by atoms with Gasteiger partial charge in [-0.3, -0.25) is 19.8 Å². The summed E-state index contributed by atoms with van der Waals surface area (Å²) in [7, 11) is 1.87. The highest BCUT2D eigenvalue weighted by atomic mass is 32.1. The van der Waals surface area contributed by atoms with Crippen molar-refractivity contribution < 1.29 is 4.79 Å². The van der Waals surface area contributed by atoms with Crippen LogP contribution in [-0.2, 0) is 13.6 Å². The third-order valence-electron chi connectivity index (χ3n) is 4.07. The molecule has 7 nitrogen and oxygen atoms in total. The molecule has 0 atom stereocenters. The molecule has 0 spiro atoms. The van der Waals surface area contributed by atoms with Gasteiger partial charge in [-0.1, -0.05) is 0 Å². The van der Waals surface area contributed by atoms with Gasteiger partial charge < -0.3 is 4.57 Å². The molecule has 0 aliphatic rings. The lowest BCUT2D eigenvalue weighted by atomic mass is 10.2. The Morgan fingerprint density at radius 3 is 2.75 bits per heavy atom. The number of aromatic nitrogens is 5. The van der Waals surface area contributed by atoms with Gasteiger partial charge in [0.25, 0.3) is 5.91 Å². The summed E-state index contributed by atoms with van der Waals surface area (Å²) < 4.78 is 3.65. The van der Waals surface area contributed by atoms with Gasteiger partial charge in [-0.15, -0.1) is 11.3 Å². The van der Waals surface area contributed by atoms with Crippen LogP contribution >= 0.6 is 11.3 Å². The maximum atomic E-state index is 12.7. The quantitative estimate of drug-likeness (QED) is 0.546. The topological polar surface area (TPSA) is 77.6 Å². The Bertz CT molecular complexity index is 1110. The summed E-state index contributed by atoms with van der Waals surface area (Å²) in [5.74, 6) is -0.186. The van der Waals surface area contributed by atoms with E-state index >= 15 is 0 Å². The molecule has 140 valence electrons. The Balaban J connectivity index is 1.43. The molecule has 4 rings (SSSR count). The van der Waals surface area contributed by atoms with Gasteiger partial charge in [0.05, 0.1) is 11.4 Å². The number of hydrogen-bond acceptors (Lipinski definition) is 5. The van der Waals surface area contributed by atoms with Gasteiger partial charge >= 0.3 is 0 Å². The van der Waals surface area contributed by atoms with Crippen molar-refractivity contribution in [1.29, 1.82) is 0 Å². The number of hydrogen-bond donors (Lipinski definition) is 1. The van der Waals surface area contributed by atoms with E-state index in [0.717, 1.165) is 17.0 Å². The van der Waals surface area contributed by atoms with Crippen molar-refractivity contribution in [1.82, 2.24) is 24.3 Å². The van der Waals surface area contributed by atoms with Crippen LogP contribution in [0.2, 0.25) is 0 Å². The van der Waals surface area contributed by atoms with E-state index < -0.39 is 0 Å². The lowest BCUT2D eigenvalue weighted by Gasteiger charge is -2.08. The van der Waals surface area contributed by atoms with Crippen molar-refractivity contribution in [3.63, 3.8) is 0 Å². The van der Waals surface area contributed by atoms with Crippen molar-refractivity contribution in [2.24, 2.45) is 7.05 Å². The molecule has 4 aromatic heterocycles. The van der Waals surface area contributed by atoms with Gasteiger partial charge in [-0.2, -0.15) is 5.10 Å². The molecule has 0 aromatic carbocycles. The summed E-state index contributed by atoms with van der Waals surface area (Å²) >= 11 is 1.39. The minimum atomic E-state index is -0.186. The third-order valence-corrected chi connectivity index (χ3v) is 4.84. The van der Waals surface area contributed by atoms with Crippen molar-refractivity contribution in [3.05, 3.63) is 83.1 Å². The van der Waals surface area contributed by atoms with Crippen LogP contribution in [0.25, 0.3) is 12.2 Å². The summed E-state index contributed by atoms with van der Waals surface area (Å²) in [6.07, 6.45) is 11.0. The minimum absolute atomic E-state index is 0.186. The number of thiazole rings is 1. The molecule has 0 aliphatic carbocycles. The smallest absolute Gasteiger partial charge is 0.274 e. The number of amides is 1. The van der Waals surface area contributed by atoms with Crippen LogP contribution in [-0.4, -0.2) is 30.2 Å². The fourth-order valence-corrected chi connectivity index (χ4v) is 3.39. The zero-order valence-corrected chi connectivity index (χ0v) is 16.0. The normalized spacial score (nSPS) is 11.2. The molecule has 0 saturated carbocycles. The van der Waals surface area contributed by atoms with Crippen LogP contribution in [0.3, 0.4) is 0 Å². The van der Waals surface area contributed by atoms with E-state index in [4.69, 9.17) is 0 Å². The number of aryl methyl sites for hydroxylation is 1. The number of carbonyl (C=O) groups is 1. The van der Waals surface area contributed by atoms with E-state index in [-0.39, 0.29) is 5.91 Å². The van der Waals surface area contributed by atoms with E-state index in [2.05, 4.69) is 20.4 Å². The zero-order valence-electron chi connectivity index (χ0n) is 15.2. The standard InChI is InChI=1S/C20H18N6OS/c1-25-12-8-16(24-25)4-5-17-14-28-20(22-17)23-19(27)18-3-2-11-26(18)13-15-6-9-21-10-7-15/h2-12,14H,13H2,1H3,(H,22,23,27). The number of carbonyl (C=O) groups excluding carboxylic acids is 1. The lowest BCUT2D eigenvalue weighted by Crippen LogP contribution is -2.17. The largest absolute Gasteiger partial charge is 0.339 e. The Morgan fingerprint density at radius 1 is 1.14 bits per heavy atom. The summed E-state index contributed by atoms with van der Waals surface area (Å²) in [5, 5.41) is 9.61. The first-order chi connectivity index (χ1) is 13.7. The number of nitrogens with zero attached hydrogens (tertiary/aromatic N) is 5. The van der Waals surface area contributed by atoms with Crippen LogP contribution in [0.15, 0.2) is 60.5 Å². The Kier molecular flexibility index (Phi) is 5.11. The van der Waals surface area contributed by atoms with E-state index in [0.29, 0.717) is 17.4 Å². The van der Waals surface area contributed by atoms with Crippen molar-refractivity contribution in [3.8, 4) is 0 Å². The fourth-order valence-electron chi connectivity index (χ4n) is 2.72. The summed E-state index contributed by atoms with van der Waals surface area (Å²) in [5.41, 5.74) is 3.29. The molecule has 1 N–H and O–H groups in total. The van der Waals surface area contributed by atoms with Crippen molar-refractivity contribution >= 4 is 34.5 Å². The average Bonchev–Trinajstić information content (AvgIpc) is 3.42. The van der Waals surface area contributed by atoms with E-state index in [1.807, 2.05) is 65.8 Å². The van der Waals surface area contributed by atoms with Gasteiger partial charge in [0.2, 0.25) is 0 Å². The highest BCUT2D eigenvalue weighted by molar-refractivity contribution is 7.14. The molecule has 0 unspecified atom stereocenters. The average molecular weight is 390 g/mol. The first kappa shape index (κ1) is 17.9. The first-order valence-corrected chi connectivity index (χ1v) is 9.54. The maximum Gasteiger partial charge on any atom is 0.274 e. The van der Waals surface area contributed by atoms with E-state index in [9.17, 15) is 4.79 Å². The van der Waals surface area contributed by atoms with E-state index in [1.165, 1.54) is 11.3 Å².